The number of phenols is 1. The number of phenolic OH excluding ortho intramolecular Hbond substituents is 1. The van der Waals surface area contributed by atoms with Gasteiger partial charge in [0, 0.05) is 31.1 Å². The number of hydrogen-bond donors (Lipinski definition) is 1. The second-order valence-electron chi connectivity index (χ2n) is 7.29. The van der Waals surface area contributed by atoms with E-state index in [1.807, 2.05) is 53.4 Å². The maximum atomic E-state index is 13.0. The van der Waals surface area contributed by atoms with Crippen LogP contribution in [0.3, 0.4) is 0 Å². The molecule has 1 amide bonds. The van der Waals surface area contributed by atoms with E-state index < -0.39 is 0 Å². The molecule has 2 aliphatic rings. The Kier molecular flexibility index (Phi) is 4.96. The van der Waals surface area contributed by atoms with E-state index in [-0.39, 0.29) is 11.7 Å². The summed E-state index contributed by atoms with van der Waals surface area (Å²) < 4.78 is 11.3. The van der Waals surface area contributed by atoms with Crippen LogP contribution in [-0.2, 0) is 0 Å². The highest BCUT2D eigenvalue weighted by Crippen LogP contribution is 2.37. The summed E-state index contributed by atoms with van der Waals surface area (Å²) in [5.41, 5.74) is 1.84. The number of para-hydroxylation sites is 2. The predicted octanol–water partition coefficient (Wildman–Crippen LogP) is 3.85. The van der Waals surface area contributed by atoms with Crippen LogP contribution in [0.1, 0.15) is 9.67 Å². The predicted molar refractivity (Wildman–Crippen MR) is 117 cm³/mol. The van der Waals surface area contributed by atoms with Gasteiger partial charge in [-0.3, -0.25) is 4.79 Å². The van der Waals surface area contributed by atoms with Crippen LogP contribution in [0.2, 0.25) is 0 Å². The van der Waals surface area contributed by atoms with E-state index in [0.717, 1.165) is 32.5 Å². The molecule has 3 heterocycles. The summed E-state index contributed by atoms with van der Waals surface area (Å²) in [6.07, 6.45) is 0. The van der Waals surface area contributed by atoms with Gasteiger partial charge < -0.3 is 24.4 Å². The fourth-order valence-corrected chi connectivity index (χ4v) is 4.81. The molecule has 30 heavy (non-hydrogen) atoms. The van der Waals surface area contributed by atoms with E-state index in [2.05, 4.69) is 4.90 Å². The van der Waals surface area contributed by atoms with E-state index >= 15 is 0 Å². The van der Waals surface area contributed by atoms with E-state index in [4.69, 9.17) is 9.47 Å². The van der Waals surface area contributed by atoms with Crippen molar-refractivity contribution in [1.82, 2.24) is 4.90 Å². The first kappa shape index (κ1) is 18.8. The molecular formula is C23H22N2O4S. The maximum absolute atomic E-state index is 13.0. The summed E-state index contributed by atoms with van der Waals surface area (Å²) in [7, 11) is 0. The number of piperazine rings is 1. The number of fused-ring (bicyclic) bond motifs is 1. The molecule has 154 valence electrons. The van der Waals surface area contributed by atoms with E-state index in [0.29, 0.717) is 39.4 Å². The molecule has 1 aromatic heterocycles. The first-order chi connectivity index (χ1) is 14.7. The Morgan fingerprint density at radius 3 is 2.47 bits per heavy atom. The second kappa shape index (κ2) is 7.91. The monoisotopic (exact) mass is 422 g/mol. The van der Waals surface area contributed by atoms with Gasteiger partial charge in [0.15, 0.2) is 11.5 Å². The van der Waals surface area contributed by atoms with E-state index in [9.17, 15) is 9.90 Å². The van der Waals surface area contributed by atoms with E-state index in [1.165, 1.54) is 11.3 Å². The summed E-state index contributed by atoms with van der Waals surface area (Å²) >= 11 is 1.50. The average molecular weight is 423 g/mol. The van der Waals surface area contributed by atoms with Crippen LogP contribution >= 0.6 is 11.3 Å². The lowest BCUT2D eigenvalue weighted by Gasteiger charge is -2.36. The van der Waals surface area contributed by atoms with Crippen molar-refractivity contribution < 1.29 is 19.4 Å². The third-order valence-corrected chi connectivity index (χ3v) is 6.56. The Morgan fingerprint density at radius 2 is 1.67 bits per heavy atom. The van der Waals surface area contributed by atoms with Gasteiger partial charge in [-0.15, -0.1) is 11.3 Å². The minimum absolute atomic E-state index is 0.0562. The van der Waals surface area contributed by atoms with Gasteiger partial charge in [0.2, 0.25) is 0 Å². The minimum atomic E-state index is 0.0562. The standard InChI is InChI=1S/C23H22N2O4S/c26-18-4-2-1-3-17(18)24-9-11-25(12-10-24)23(27)22-8-7-21(30-22)16-5-6-19-20(15-16)29-14-13-28-19/h1-8,15,26H,9-14H2. The molecule has 5 rings (SSSR count). The van der Waals surface area contributed by atoms with Crippen molar-refractivity contribution in [3.63, 3.8) is 0 Å². The van der Waals surface area contributed by atoms with Gasteiger partial charge in [0.05, 0.1) is 10.6 Å². The average Bonchev–Trinajstić information content (AvgIpc) is 3.29. The third-order valence-electron chi connectivity index (χ3n) is 5.43. The van der Waals surface area contributed by atoms with Crippen LogP contribution < -0.4 is 14.4 Å². The molecule has 2 aromatic carbocycles. The van der Waals surface area contributed by atoms with Crippen molar-refractivity contribution in [3.05, 3.63) is 59.5 Å². The summed E-state index contributed by atoms with van der Waals surface area (Å²) in [6, 6.07) is 17.1. The van der Waals surface area contributed by atoms with Gasteiger partial charge in [-0.1, -0.05) is 12.1 Å². The second-order valence-corrected chi connectivity index (χ2v) is 8.37. The molecule has 6 nitrogen and oxygen atoms in total. The molecule has 0 spiro atoms. The van der Waals surface area contributed by atoms with Gasteiger partial charge in [-0.05, 0) is 48.0 Å². The lowest BCUT2D eigenvalue weighted by Crippen LogP contribution is -2.48. The number of nitrogens with zero attached hydrogens (tertiary/aromatic N) is 2. The van der Waals surface area contributed by atoms with Crippen LogP contribution in [0.5, 0.6) is 17.2 Å². The Morgan fingerprint density at radius 1 is 0.900 bits per heavy atom. The van der Waals surface area contributed by atoms with Crippen molar-refractivity contribution in [1.29, 1.82) is 0 Å². The number of anilines is 1. The van der Waals surface area contributed by atoms with Crippen LogP contribution in [0.25, 0.3) is 10.4 Å². The number of thiophene rings is 1. The molecule has 1 saturated heterocycles. The SMILES string of the molecule is O=C(c1ccc(-c2ccc3c(c2)OCCO3)s1)N1CCN(c2ccccc2O)CC1. The van der Waals surface area contributed by atoms with Crippen molar-refractivity contribution >= 4 is 22.9 Å². The van der Waals surface area contributed by atoms with Crippen molar-refractivity contribution in [3.8, 4) is 27.7 Å². The number of aromatic hydroxyl groups is 1. The molecular weight excluding hydrogens is 400 g/mol. The molecule has 0 saturated carbocycles. The highest BCUT2D eigenvalue weighted by molar-refractivity contribution is 7.17. The first-order valence-corrected chi connectivity index (χ1v) is 10.8. The fraction of sp³-hybridized carbons (Fsp3) is 0.261. The van der Waals surface area contributed by atoms with Gasteiger partial charge in [0.25, 0.3) is 5.91 Å². The number of ether oxygens (including phenoxy) is 2. The quantitative estimate of drug-likeness (QED) is 0.695. The van der Waals surface area contributed by atoms with Crippen LogP contribution in [0, 0.1) is 0 Å². The van der Waals surface area contributed by atoms with Gasteiger partial charge in [-0.25, -0.2) is 0 Å². The lowest BCUT2D eigenvalue weighted by molar-refractivity contribution is 0.0751. The largest absolute Gasteiger partial charge is 0.506 e. The molecule has 0 atom stereocenters. The molecule has 0 bridgehead atoms. The molecule has 1 fully saturated rings. The number of benzene rings is 2. The third kappa shape index (κ3) is 3.57. The highest BCUT2D eigenvalue weighted by atomic mass is 32.1. The lowest BCUT2D eigenvalue weighted by atomic mass is 10.1. The minimum Gasteiger partial charge on any atom is -0.506 e. The highest BCUT2D eigenvalue weighted by Gasteiger charge is 2.24. The smallest absolute Gasteiger partial charge is 0.264 e. The van der Waals surface area contributed by atoms with Crippen LogP contribution in [0.15, 0.2) is 54.6 Å². The number of hydrogen-bond acceptors (Lipinski definition) is 6. The Labute approximate surface area is 178 Å². The van der Waals surface area contributed by atoms with E-state index in [1.54, 1.807) is 6.07 Å². The summed E-state index contributed by atoms with van der Waals surface area (Å²) in [6.45, 7) is 3.78. The van der Waals surface area contributed by atoms with Crippen molar-refractivity contribution in [2.45, 2.75) is 0 Å². The van der Waals surface area contributed by atoms with Crippen LogP contribution in [-0.4, -0.2) is 55.3 Å². The molecule has 0 unspecified atom stereocenters. The Balaban J connectivity index is 1.27. The Bertz CT molecular complexity index is 1070. The zero-order chi connectivity index (χ0) is 20.5. The Hall–Kier alpha value is -3.19. The zero-order valence-corrected chi connectivity index (χ0v) is 17.2. The van der Waals surface area contributed by atoms with Gasteiger partial charge in [0.1, 0.15) is 19.0 Å². The molecule has 2 aliphatic heterocycles. The summed E-state index contributed by atoms with van der Waals surface area (Å²) in [4.78, 5) is 18.8. The van der Waals surface area contributed by atoms with Gasteiger partial charge in [-0.2, -0.15) is 0 Å². The number of rotatable bonds is 3. The van der Waals surface area contributed by atoms with Crippen molar-refractivity contribution in [2.75, 3.05) is 44.3 Å². The molecule has 3 aromatic rings. The van der Waals surface area contributed by atoms with Crippen molar-refractivity contribution in [2.24, 2.45) is 0 Å². The summed E-state index contributed by atoms with van der Waals surface area (Å²) in [5, 5.41) is 10.1. The normalized spacial score (nSPS) is 15.9. The topological polar surface area (TPSA) is 62.2 Å². The number of amides is 1. The zero-order valence-electron chi connectivity index (χ0n) is 16.4. The maximum Gasteiger partial charge on any atom is 0.264 e. The molecule has 1 N–H and O–H groups in total. The molecule has 7 heteroatoms. The molecule has 0 radical (unpaired) electrons. The number of carbonyl (C=O) groups is 1. The first-order valence-electron chi connectivity index (χ1n) is 10.0. The van der Waals surface area contributed by atoms with Gasteiger partial charge >= 0.3 is 0 Å². The van der Waals surface area contributed by atoms with Crippen LogP contribution in [0.4, 0.5) is 5.69 Å². The summed E-state index contributed by atoms with van der Waals surface area (Å²) in [5.74, 6) is 1.85. The fourth-order valence-electron chi connectivity index (χ4n) is 3.84. The number of carbonyl (C=O) groups excluding carboxylic acids is 1. The molecule has 0 aliphatic carbocycles.